The van der Waals surface area contributed by atoms with Gasteiger partial charge in [0.05, 0.1) is 5.41 Å². The average Bonchev–Trinajstić information content (AvgIpc) is 3.52. The van der Waals surface area contributed by atoms with E-state index in [1.807, 2.05) is 12.1 Å². The third-order valence-corrected chi connectivity index (χ3v) is 8.14. The van der Waals surface area contributed by atoms with Gasteiger partial charge in [-0.3, -0.25) is 0 Å². The van der Waals surface area contributed by atoms with Gasteiger partial charge >= 0.3 is 0 Å². The van der Waals surface area contributed by atoms with Gasteiger partial charge in [-0.05, 0) is 52.1 Å². The molecule has 39 heavy (non-hydrogen) atoms. The van der Waals surface area contributed by atoms with Gasteiger partial charge in [0.1, 0.15) is 11.2 Å². The first kappa shape index (κ1) is 22.0. The minimum atomic E-state index is -0.408. The highest BCUT2D eigenvalue weighted by atomic mass is 16.3. The van der Waals surface area contributed by atoms with E-state index in [0.717, 1.165) is 33.3 Å². The summed E-state index contributed by atoms with van der Waals surface area (Å²) in [7, 11) is 0. The van der Waals surface area contributed by atoms with Crippen LogP contribution in [0, 0.1) is 0 Å². The highest BCUT2D eigenvalue weighted by Crippen LogP contribution is 2.58. The lowest BCUT2D eigenvalue weighted by atomic mass is 9.68. The maximum absolute atomic E-state index is 6.19. The van der Waals surface area contributed by atoms with Crippen molar-refractivity contribution in [2.45, 2.75) is 5.41 Å². The van der Waals surface area contributed by atoms with Crippen LogP contribution in [0.1, 0.15) is 22.3 Å². The lowest BCUT2D eigenvalue weighted by molar-refractivity contribution is 0.669. The molecule has 0 saturated heterocycles. The largest absolute Gasteiger partial charge is 0.456 e. The molecule has 0 bridgehead atoms. The van der Waals surface area contributed by atoms with E-state index >= 15 is 0 Å². The molecule has 8 rings (SSSR count). The topological polar surface area (TPSA) is 25.2 Å². The van der Waals surface area contributed by atoms with Gasteiger partial charge in [-0.1, -0.05) is 115 Å². The summed E-state index contributed by atoms with van der Waals surface area (Å²) >= 11 is 0. The molecule has 0 aliphatic heterocycles. The van der Waals surface area contributed by atoms with Crippen LogP contribution in [0.25, 0.3) is 33.1 Å². The second-order valence-corrected chi connectivity index (χ2v) is 10.2. The Hall–Kier alpha value is -5.08. The highest BCUT2D eigenvalue weighted by molar-refractivity contribution is 6.06. The van der Waals surface area contributed by atoms with Gasteiger partial charge in [0.15, 0.2) is 0 Å². The van der Waals surface area contributed by atoms with Gasteiger partial charge in [0.2, 0.25) is 0 Å². The smallest absolute Gasteiger partial charge is 0.137 e. The summed E-state index contributed by atoms with van der Waals surface area (Å²) in [5, 5.41) is 6.04. The monoisotopic (exact) mass is 499 g/mol. The predicted octanol–water partition coefficient (Wildman–Crippen LogP) is 9.69. The van der Waals surface area contributed by atoms with Crippen molar-refractivity contribution in [3.63, 3.8) is 0 Å². The first-order valence-electron chi connectivity index (χ1n) is 13.4. The van der Waals surface area contributed by atoms with Crippen LogP contribution < -0.4 is 5.32 Å². The quantitative estimate of drug-likeness (QED) is 0.261. The van der Waals surface area contributed by atoms with Gasteiger partial charge in [-0.2, -0.15) is 0 Å². The fourth-order valence-corrected chi connectivity index (χ4v) is 6.56. The molecule has 184 valence electrons. The van der Waals surface area contributed by atoms with Crippen LogP contribution in [0.15, 0.2) is 150 Å². The second-order valence-electron chi connectivity index (χ2n) is 10.2. The molecule has 0 fully saturated rings. The Labute approximate surface area is 227 Å². The van der Waals surface area contributed by atoms with Crippen molar-refractivity contribution in [3.05, 3.63) is 168 Å². The van der Waals surface area contributed by atoms with Crippen LogP contribution in [0.3, 0.4) is 0 Å². The predicted molar refractivity (Wildman–Crippen MR) is 161 cm³/mol. The highest BCUT2D eigenvalue weighted by Gasteiger charge is 2.46. The lowest BCUT2D eigenvalue weighted by Gasteiger charge is -2.33. The molecule has 0 spiro atoms. The Morgan fingerprint density at radius 3 is 1.92 bits per heavy atom. The van der Waals surface area contributed by atoms with Crippen LogP contribution in [0.4, 0.5) is 11.4 Å². The van der Waals surface area contributed by atoms with Crippen LogP contribution >= 0.6 is 0 Å². The van der Waals surface area contributed by atoms with Crippen LogP contribution in [-0.2, 0) is 5.41 Å². The molecule has 1 aromatic heterocycles. The number of fused-ring (bicyclic) bond motifs is 6. The van der Waals surface area contributed by atoms with Gasteiger partial charge < -0.3 is 9.73 Å². The Morgan fingerprint density at radius 1 is 0.487 bits per heavy atom. The number of hydrogen-bond donors (Lipinski definition) is 1. The molecule has 1 aliphatic carbocycles. The molecule has 6 aromatic carbocycles. The van der Waals surface area contributed by atoms with Gasteiger partial charge in [-0.25, -0.2) is 0 Å². The number of furan rings is 1. The molecule has 0 saturated carbocycles. The molecular formula is C37H25NO. The average molecular weight is 500 g/mol. The van der Waals surface area contributed by atoms with Crippen molar-refractivity contribution in [2.24, 2.45) is 0 Å². The van der Waals surface area contributed by atoms with Gasteiger partial charge in [0.25, 0.3) is 0 Å². The molecule has 0 atom stereocenters. The first-order chi connectivity index (χ1) is 19.3. The Bertz CT molecular complexity index is 1950. The Balaban J connectivity index is 1.36. The SMILES string of the molecule is c1ccc(C2(c3ccccc3)c3ccccc3-c3c(Nc4ccc5c(c4)oc4ccccc45)cccc32)cc1. The molecule has 0 unspecified atom stereocenters. The van der Waals surface area contributed by atoms with E-state index in [2.05, 4.69) is 139 Å². The summed E-state index contributed by atoms with van der Waals surface area (Å²) in [5.41, 5.74) is 11.1. The molecule has 2 nitrogen and oxygen atoms in total. The van der Waals surface area contributed by atoms with Crippen molar-refractivity contribution in [2.75, 3.05) is 5.32 Å². The molecule has 0 radical (unpaired) electrons. The molecule has 2 heteroatoms. The van der Waals surface area contributed by atoms with E-state index in [-0.39, 0.29) is 0 Å². The zero-order valence-corrected chi connectivity index (χ0v) is 21.3. The minimum Gasteiger partial charge on any atom is -0.456 e. The number of anilines is 2. The number of para-hydroxylation sites is 1. The van der Waals surface area contributed by atoms with E-state index in [1.54, 1.807) is 0 Å². The normalized spacial score (nSPS) is 13.3. The molecular weight excluding hydrogens is 474 g/mol. The summed E-state index contributed by atoms with van der Waals surface area (Å²) < 4.78 is 6.19. The minimum absolute atomic E-state index is 0.408. The Morgan fingerprint density at radius 2 is 1.13 bits per heavy atom. The Kier molecular flexibility index (Phi) is 4.77. The van der Waals surface area contributed by atoms with Crippen molar-refractivity contribution in [3.8, 4) is 11.1 Å². The maximum atomic E-state index is 6.19. The molecule has 7 aromatic rings. The van der Waals surface area contributed by atoms with Gasteiger partial charge in [0, 0.05) is 33.8 Å². The summed E-state index contributed by atoms with van der Waals surface area (Å²) in [6.45, 7) is 0. The molecule has 1 heterocycles. The van der Waals surface area contributed by atoms with E-state index < -0.39 is 5.41 Å². The third kappa shape index (κ3) is 3.15. The number of benzene rings is 6. The van der Waals surface area contributed by atoms with Crippen molar-refractivity contribution >= 4 is 33.3 Å². The van der Waals surface area contributed by atoms with Crippen LogP contribution in [0.2, 0.25) is 0 Å². The summed E-state index contributed by atoms with van der Waals surface area (Å²) in [5.74, 6) is 0. The van der Waals surface area contributed by atoms with Crippen LogP contribution in [-0.4, -0.2) is 0 Å². The first-order valence-corrected chi connectivity index (χ1v) is 13.4. The van der Waals surface area contributed by atoms with E-state index in [0.29, 0.717) is 0 Å². The number of rotatable bonds is 4. The zero-order chi connectivity index (χ0) is 25.8. The van der Waals surface area contributed by atoms with Crippen LogP contribution in [0.5, 0.6) is 0 Å². The third-order valence-electron chi connectivity index (χ3n) is 8.14. The van der Waals surface area contributed by atoms with Crippen molar-refractivity contribution in [1.29, 1.82) is 0 Å². The molecule has 1 aliphatic rings. The second kappa shape index (κ2) is 8.47. The standard InChI is InChI=1S/C37H25NO/c1-3-12-25(13-4-1)37(26-14-5-2-6-15-26)31-18-9-7-17-30(31)36-32(37)19-11-20-33(36)38-27-22-23-29-28-16-8-10-21-34(28)39-35(29)24-27/h1-24,38H. The fourth-order valence-electron chi connectivity index (χ4n) is 6.56. The van der Waals surface area contributed by atoms with Crippen molar-refractivity contribution < 1.29 is 4.42 Å². The lowest BCUT2D eigenvalue weighted by Crippen LogP contribution is -2.28. The summed E-state index contributed by atoms with van der Waals surface area (Å²) in [6, 6.07) is 51.9. The van der Waals surface area contributed by atoms with E-state index in [9.17, 15) is 0 Å². The number of nitrogens with one attached hydrogen (secondary N) is 1. The van der Waals surface area contributed by atoms with Gasteiger partial charge in [-0.15, -0.1) is 0 Å². The van der Waals surface area contributed by atoms with E-state index in [1.165, 1.54) is 33.4 Å². The van der Waals surface area contributed by atoms with Crippen molar-refractivity contribution in [1.82, 2.24) is 0 Å². The summed E-state index contributed by atoms with van der Waals surface area (Å²) in [4.78, 5) is 0. The molecule has 0 amide bonds. The van der Waals surface area contributed by atoms with E-state index in [4.69, 9.17) is 4.42 Å². The number of hydrogen-bond acceptors (Lipinski definition) is 2. The maximum Gasteiger partial charge on any atom is 0.137 e. The zero-order valence-electron chi connectivity index (χ0n) is 21.3. The fraction of sp³-hybridized carbons (Fsp3) is 0.0270. The summed E-state index contributed by atoms with van der Waals surface area (Å²) in [6.07, 6.45) is 0. The molecule has 1 N–H and O–H groups in total.